The van der Waals surface area contributed by atoms with Crippen molar-refractivity contribution in [1.82, 2.24) is 0 Å². The summed E-state index contributed by atoms with van der Waals surface area (Å²) in [7, 11) is 0. The topological polar surface area (TPSA) is 37.3 Å². The number of carboxylic acids is 1. The van der Waals surface area contributed by atoms with Crippen LogP contribution in [0.1, 0.15) is 56.2 Å². The quantitative estimate of drug-likeness (QED) is 0.836. The van der Waals surface area contributed by atoms with E-state index in [1.165, 1.54) is 16.7 Å². The van der Waals surface area contributed by atoms with Gasteiger partial charge in [0.1, 0.15) is 0 Å². The van der Waals surface area contributed by atoms with E-state index in [9.17, 15) is 9.90 Å². The lowest BCUT2D eigenvalue weighted by Crippen LogP contribution is -2.52. The summed E-state index contributed by atoms with van der Waals surface area (Å²) in [6, 6.07) is 6.73. The Hall–Kier alpha value is -1.31. The highest BCUT2D eigenvalue weighted by Gasteiger charge is 2.55. The molecule has 0 spiro atoms. The van der Waals surface area contributed by atoms with E-state index in [-0.39, 0.29) is 11.3 Å². The van der Waals surface area contributed by atoms with Crippen LogP contribution in [0, 0.1) is 18.3 Å². The van der Waals surface area contributed by atoms with Gasteiger partial charge in [0.05, 0.1) is 5.41 Å². The second-order valence-electron chi connectivity index (χ2n) is 7.25. The number of carbonyl (C=O) groups is 1. The fourth-order valence-electron chi connectivity index (χ4n) is 4.83. The number of hydrogen-bond acceptors (Lipinski definition) is 1. The number of benzene rings is 1. The minimum absolute atomic E-state index is 0.0327. The van der Waals surface area contributed by atoms with Gasteiger partial charge in [-0.1, -0.05) is 37.1 Å². The molecule has 1 aromatic carbocycles. The van der Waals surface area contributed by atoms with Crippen LogP contribution < -0.4 is 0 Å². The summed E-state index contributed by atoms with van der Waals surface area (Å²) in [6.45, 7) is 6.40. The zero-order chi connectivity index (χ0) is 14.5. The molecule has 2 aliphatic rings. The SMILES string of the molecule is Cc1ccc2c(c1)[C@@]1(C)CCC[C@](C)(C(=O)O)C1CC2. The van der Waals surface area contributed by atoms with Crippen molar-refractivity contribution < 1.29 is 9.90 Å². The largest absolute Gasteiger partial charge is 0.481 e. The number of rotatable bonds is 1. The molecule has 0 amide bonds. The standard InChI is InChI=1S/C18H24O2/c1-12-5-6-13-7-8-15-17(2,14(13)11-12)9-4-10-18(15,3)16(19)20/h5-6,11,15H,4,7-10H2,1-3H3,(H,19,20)/t15?,17-,18+/m1/s1. The monoisotopic (exact) mass is 272 g/mol. The third-order valence-corrected chi connectivity index (χ3v) is 6.00. The van der Waals surface area contributed by atoms with E-state index < -0.39 is 11.4 Å². The van der Waals surface area contributed by atoms with Gasteiger partial charge >= 0.3 is 5.97 Å². The summed E-state index contributed by atoms with van der Waals surface area (Å²) in [5.74, 6) is -0.347. The van der Waals surface area contributed by atoms with Crippen molar-refractivity contribution in [1.29, 1.82) is 0 Å². The normalized spacial score (nSPS) is 36.0. The Kier molecular flexibility index (Phi) is 2.97. The van der Waals surface area contributed by atoms with Gasteiger partial charge in [-0.15, -0.1) is 0 Å². The smallest absolute Gasteiger partial charge is 0.309 e. The molecule has 0 radical (unpaired) electrons. The van der Waals surface area contributed by atoms with Crippen molar-refractivity contribution in [2.45, 2.75) is 58.3 Å². The predicted molar refractivity (Wildman–Crippen MR) is 79.9 cm³/mol. The van der Waals surface area contributed by atoms with Crippen LogP contribution in [0.3, 0.4) is 0 Å². The van der Waals surface area contributed by atoms with Crippen LogP contribution in [0.4, 0.5) is 0 Å². The second kappa shape index (κ2) is 4.34. The van der Waals surface area contributed by atoms with E-state index in [0.717, 1.165) is 32.1 Å². The van der Waals surface area contributed by atoms with Crippen LogP contribution in [-0.2, 0) is 16.6 Å². The first-order chi connectivity index (χ1) is 9.38. The van der Waals surface area contributed by atoms with Crippen molar-refractivity contribution >= 4 is 5.97 Å². The lowest BCUT2D eigenvalue weighted by Gasteiger charge is -2.53. The summed E-state index contributed by atoms with van der Waals surface area (Å²) in [5, 5.41) is 9.75. The zero-order valence-corrected chi connectivity index (χ0v) is 12.7. The second-order valence-corrected chi connectivity index (χ2v) is 7.25. The minimum Gasteiger partial charge on any atom is -0.481 e. The van der Waals surface area contributed by atoms with E-state index in [1.807, 2.05) is 6.92 Å². The molecule has 2 heteroatoms. The molecule has 2 nitrogen and oxygen atoms in total. The van der Waals surface area contributed by atoms with Crippen molar-refractivity contribution in [2.24, 2.45) is 11.3 Å². The van der Waals surface area contributed by atoms with Gasteiger partial charge in [0.25, 0.3) is 0 Å². The van der Waals surface area contributed by atoms with Crippen LogP contribution in [-0.4, -0.2) is 11.1 Å². The number of aliphatic carboxylic acids is 1. The first-order valence-electron chi connectivity index (χ1n) is 7.71. The number of carboxylic acid groups (broad SMARTS) is 1. The molecule has 3 atom stereocenters. The lowest BCUT2D eigenvalue weighted by molar-refractivity contribution is -0.157. The molecule has 1 fully saturated rings. The molecule has 1 N–H and O–H groups in total. The minimum atomic E-state index is -0.607. The van der Waals surface area contributed by atoms with Crippen molar-refractivity contribution in [3.05, 3.63) is 34.9 Å². The molecule has 2 aliphatic carbocycles. The van der Waals surface area contributed by atoms with Crippen molar-refractivity contribution in [3.63, 3.8) is 0 Å². The van der Waals surface area contributed by atoms with Gasteiger partial charge in [0, 0.05) is 0 Å². The Bertz CT molecular complexity index is 563. The molecular weight excluding hydrogens is 248 g/mol. The molecule has 3 rings (SSSR count). The van der Waals surface area contributed by atoms with Crippen LogP contribution in [0.5, 0.6) is 0 Å². The lowest BCUT2D eigenvalue weighted by atomic mass is 9.50. The molecule has 0 heterocycles. The Balaban J connectivity index is 2.13. The number of aryl methyl sites for hydroxylation is 2. The van der Waals surface area contributed by atoms with Gasteiger partial charge in [-0.3, -0.25) is 4.79 Å². The summed E-state index contributed by atoms with van der Waals surface area (Å²) in [5.41, 5.74) is 3.61. The molecule has 1 unspecified atom stereocenters. The van der Waals surface area contributed by atoms with E-state index in [2.05, 4.69) is 32.0 Å². The van der Waals surface area contributed by atoms with Gasteiger partial charge in [-0.05, 0) is 62.0 Å². The van der Waals surface area contributed by atoms with E-state index in [1.54, 1.807) is 0 Å². The van der Waals surface area contributed by atoms with Gasteiger partial charge in [-0.25, -0.2) is 0 Å². The first-order valence-corrected chi connectivity index (χ1v) is 7.71. The summed E-state index contributed by atoms with van der Waals surface area (Å²) in [6.07, 6.45) is 5.00. The Morgan fingerprint density at radius 2 is 2.05 bits per heavy atom. The van der Waals surface area contributed by atoms with Crippen molar-refractivity contribution in [2.75, 3.05) is 0 Å². The van der Waals surface area contributed by atoms with Crippen molar-refractivity contribution in [3.8, 4) is 0 Å². The van der Waals surface area contributed by atoms with E-state index in [4.69, 9.17) is 0 Å². The average Bonchev–Trinajstić information content (AvgIpc) is 2.39. The predicted octanol–water partition coefficient (Wildman–Crippen LogP) is 4.09. The van der Waals surface area contributed by atoms with Crippen LogP contribution >= 0.6 is 0 Å². The van der Waals surface area contributed by atoms with E-state index in [0.29, 0.717) is 0 Å². The molecule has 1 saturated carbocycles. The summed E-state index contributed by atoms with van der Waals surface area (Å²) in [4.78, 5) is 11.9. The van der Waals surface area contributed by atoms with Gasteiger partial charge < -0.3 is 5.11 Å². The maximum Gasteiger partial charge on any atom is 0.309 e. The molecule has 20 heavy (non-hydrogen) atoms. The van der Waals surface area contributed by atoms with Gasteiger partial charge in [-0.2, -0.15) is 0 Å². The number of fused-ring (bicyclic) bond motifs is 3. The first kappa shape index (κ1) is 13.7. The zero-order valence-electron chi connectivity index (χ0n) is 12.7. The Morgan fingerprint density at radius 3 is 2.75 bits per heavy atom. The molecule has 108 valence electrons. The molecule has 1 aromatic rings. The summed E-state index contributed by atoms with van der Waals surface area (Å²) >= 11 is 0. The third kappa shape index (κ3) is 1.73. The van der Waals surface area contributed by atoms with Gasteiger partial charge in [0.2, 0.25) is 0 Å². The highest BCUT2D eigenvalue weighted by molar-refractivity contribution is 5.75. The molecule has 0 aliphatic heterocycles. The highest BCUT2D eigenvalue weighted by atomic mass is 16.4. The molecule has 0 saturated heterocycles. The van der Waals surface area contributed by atoms with Crippen LogP contribution in [0.25, 0.3) is 0 Å². The van der Waals surface area contributed by atoms with Crippen LogP contribution in [0.15, 0.2) is 18.2 Å². The maximum atomic E-state index is 11.9. The van der Waals surface area contributed by atoms with Gasteiger partial charge in [0.15, 0.2) is 0 Å². The van der Waals surface area contributed by atoms with E-state index >= 15 is 0 Å². The van der Waals surface area contributed by atoms with Crippen LogP contribution in [0.2, 0.25) is 0 Å². The third-order valence-electron chi connectivity index (χ3n) is 6.00. The average molecular weight is 272 g/mol. The fourth-order valence-corrected chi connectivity index (χ4v) is 4.83. The summed E-state index contributed by atoms with van der Waals surface area (Å²) < 4.78 is 0. The molecule has 0 aromatic heterocycles. The maximum absolute atomic E-state index is 11.9. The molecule has 0 bridgehead atoms. The fraction of sp³-hybridized carbons (Fsp3) is 0.611. The highest BCUT2D eigenvalue weighted by Crippen LogP contribution is 2.57. The number of hydrogen-bond donors (Lipinski definition) is 1. The Morgan fingerprint density at radius 1 is 1.30 bits per heavy atom. The molecular formula is C18H24O2. The Labute approximate surface area is 121 Å².